The molecule has 0 fully saturated rings. The van der Waals surface area contributed by atoms with Gasteiger partial charge in [-0.1, -0.05) is 41.9 Å². The van der Waals surface area contributed by atoms with Gasteiger partial charge in [0.25, 0.3) is 5.56 Å². The number of pyridine rings is 1. The topological polar surface area (TPSA) is 76.9 Å². The fourth-order valence-electron chi connectivity index (χ4n) is 3.42. The lowest BCUT2D eigenvalue weighted by molar-refractivity contribution is 0.101. The van der Waals surface area contributed by atoms with E-state index in [-0.39, 0.29) is 22.6 Å². The highest BCUT2D eigenvalue weighted by atomic mass is 35.5. The largest absolute Gasteiger partial charge is 0.349 e. The standard InChI is InChI=1S/C23H19ClN4O2/c1-3-28-23(30)22(26-18-11-5-7-15-9-6-12-25-20(15)18)19(14(2)29)21(27-28)16-8-4-10-17(24)13-16/h4-13,26H,3H2,1-2H3. The molecule has 0 spiro atoms. The number of carbonyl (C=O) groups is 1. The van der Waals surface area contributed by atoms with Crippen molar-refractivity contribution in [1.29, 1.82) is 0 Å². The molecule has 0 aliphatic carbocycles. The number of nitrogens with one attached hydrogen (secondary N) is 1. The molecule has 0 amide bonds. The summed E-state index contributed by atoms with van der Waals surface area (Å²) in [6.07, 6.45) is 1.69. The molecule has 2 aromatic carbocycles. The number of anilines is 2. The van der Waals surface area contributed by atoms with Crippen molar-refractivity contribution in [3.05, 3.63) is 81.7 Å². The number of hydrogen-bond acceptors (Lipinski definition) is 5. The SMILES string of the molecule is CCn1nc(-c2cccc(Cl)c2)c(C(C)=O)c(Nc2cccc3cccnc23)c1=O. The third-order valence-corrected chi connectivity index (χ3v) is 5.03. The van der Waals surface area contributed by atoms with Gasteiger partial charge in [-0.15, -0.1) is 0 Å². The van der Waals surface area contributed by atoms with Crippen LogP contribution in [-0.2, 0) is 6.54 Å². The van der Waals surface area contributed by atoms with Crippen molar-refractivity contribution in [1.82, 2.24) is 14.8 Å². The van der Waals surface area contributed by atoms with Crippen LogP contribution >= 0.6 is 11.6 Å². The molecule has 0 aliphatic heterocycles. The van der Waals surface area contributed by atoms with Crippen LogP contribution in [-0.4, -0.2) is 20.5 Å². The number of aromatic nitrogens is 3. The summed E-state index contributed by atoms with van der Waals surface area (Å²) in [5.41, 5.74) is 2.43. The number of carbonyl (C=O) groups excluding carboxylic acids is 1. The fraction of sp³-hybridized carbons (Fsp3) is 0.130. The highest BCUT2D eigenvalue weighted by molar-refractivity contribution is 6.30. The summed E-state index contributed by atoms with van der Waals surface area (Å²) in [6.45, 7) is 3.60. The van der Waals surface area contributed by atoms with Crippen molar-refractivity contribution in [2.75, 3.05) is 5.32 Å². The quantitative estimate of drug-likeness (QED) is 0.457. The van der Waals surface area contributed by atoms with Gasteiger partial charge in [-0.2, -0.15) is 5.10 Å². The third kappa shape index (κ3) is 3.57. The van der Waals surface area contributed by atoms with Crippen LogP contribution in [0.4, 0.5) is 11.4 Å². The molecule has 0 atom stereocenters. The molecule has 4 aromatic rings. The Balaban J connectivity index is 2.00. The van der Waals surface area contributed by atoms with E-state index in [4.69, 9.17) is 11.6 Å². The summed E-state index contributed by atoms with van der Waals surface area (Å²) in [4.78, 5) is 30.3. The second-order valence-electron chi connectivity index (χ2n) is 6.79. The molecule has 2 aromatic heterocycles. The van der Waals surface area contributed by atoms with Crippen molar-refractivity contribution in [3.8, 4) is 11.3 Å². The van der Waals surface area contributed by atoms with Crippen LogP contribution in [0.3, 0.4) is 0 Å². The first kappa shape index (κ1) is 19.8. The number of nitrogens with zero attached hydrogens (tertiary/aromatic N) is 3. The Kier molecular flexibility index (Phi) is 5.33. The molecular formula is C23H19ClN4O2. The zero-order valence-corrected chi connectivity index (χ0v) is 17.3. The number of hydrogen-bond donors (Lipinski definition) is 1. The van der Waals surface area contributed by atoms with Gasteiger partial charge >= 0.3 is 0 Å². The lowest BCUT2D eigenvalue weighted by Gasteiger charge is -2.17. The van der Waals surface area contributed by atoms with E-state index in [0.29, 0.717) is 34.0 Å². The van der Waals surface area contributed by atoms with Crippen LogP contribution < -0.4 is 10.9 Å². The molecule has 6 nitrogen and oxygen atoms in total. The molecule has 2 heterocycles. The van der Waals surface area contributed by atoms with Crippen LogP contribution in [0.15, 0.2) is 65.6 Å². The first-order valence-corrected chi connectivity index (χ1v) is 9.90. The van der Waals surface area contributed by atoms with Gasteiger partial charge in [-0.3, -0.25) is 14.6 Å². The second-order valence-corrected chi connectivity index (χ2v) is 7.23. The maximum Gasteiger partial charge on any atom is 0.291 e. The summed E-state index contributed by atoms with van der Waals surface area (Å²) in [6, 6.07) is 16.5. The number of benzene rings is 2. The minimum Gasteiger partial charge on any atom is -0.349 e. The van der Waals surface area contributed by atoms with Crippen LogP contribution in [0.25, 0.3) is 22.2 Å². The van der Waals surface area contributed by atoms with E-state index in [1.165, 1.54) is 11.6 Å². The fourth-order valence-corrected chi connectivity index (χ4v) is 3.61. The van der Waals surface area contributed by atoms with E-state index >= 15 is 0 Å². The predicted molar refractivity (Wildman–Crippen MR) is 120 cm³/mol. The highest BCUT2D eigenvalue weighted by Gasteiger charge is 2.22. The predicted octanol–water partition coefficient (Wildman–Crippen LogP) is 5.08. The Hall–Kier alpha value is -3.51. The average Bonchev–Trinajstić information content (AvgIpc) is 2.75. The third-order valence-electron chi connectivity index (χ3n) is 4.80. The maximum atomic E-state index is 13.2. The summed E-state index contributed by atoms with van der Waals surface area (Å²) in [5, 5.41) is 9.07. The van der Waals surface area contributed by atoms with Gasteiger partial charge in [0.15, 0.2) is 5.78 Å². The van der Waals surface area contributed by atoms with E-state index in [1.807, 2.05) is 43.3 Å². The maximum absolute atomic E-state index is 13.2. The second kappa shape index (κ2) is 8.08. The van der Waals surface area contributed by atoms with Crippen LogP contribution in [0.2, 0.25) is 5.02 Å². The molecule has 30 heavy (non-hydrogen) atoms. The summed E-state index contributed by atoms with van der Waals surface area (Å²) in [7, 11) is 0. The Labute approximate surface area is 178 Å². The monoisotopic (exact) mass is 418 g/mol. The Morgan fingerprint density at radius 1 is 1.13 bits per heavy atom. The zero-order valence-electron chi connectivity index (χ0n) is 16.5. The normalized spacial score (nSPS) is 10.9. The molecule has 150 valence electrons. The lowest BCUT2D eigenvalue weighted by atomic mass is 10.0. The van der Waals surface area contributed by atoms with Gasteiger partial charge in [0.1, 0.15) is 11.4 Å². The number of para-hydroxylation sites is 1. The van der Waals surface area contributed by atoms with Crippen molar-refractivity contribution >= 4 is 39.7 Å². The van der Waals surface area contributed by atoms with Gasteiger partial charge in [-0.05, 0) is 38.1 Å². The number of halogens is 1. The van der Waals surface area contributed by atoms with Crippen LogP contribution in [0.5, 0.6) is 0 Å². The average molecular weight is 419 g/mol. The van der Waals surface area contributed by atoms with Gasteiger partial charge < -0.3 is 5.32 Å². The van der Waals surface area contributed by atoms with Crippen molar-refractivity contribution in [3.63, 3.8) is 0 Å². The number of fused-ring (bicyclic) bond motifs is 1. The molecule has 0 saturated heterocycles. The molecule has 1 N–H and O–H groups in total. The smallest absolute Gasteiger partial charge is 0.291 e. The Morgan fingerprint density at radius 3 is 2.63 bits per heavy atom. The van der Waals surface area contributed by atoms with Gasteiger partial charge in [0.05, 0.1) is 16.8 Å². The van der Waals surface area contributed by atoms with E-state index in [9.17, 15) is 9.59 Å². The molecule has 0 bridgehead atoms. The molecule has 0 radical (unpaired) electrons. The van der Waals surface area contributed by atoms with E-state index in [0.717, 1.165) is 5.39 Å². The number of Topliss-reactive ketones (excluding diaryl/α,β-unsaturated/α-hetero) is 1. The van der Waals surface area contributed by atoms with Crippen molar-refractivity contribution < 1.29 is 4.79 Å². The Morgan fingerprint density at radius 2 is 1.90 bits per heavy atom. The first-order chi connectivity index (χ1) is 14.5. The van der Waals surface area contributed by atoms with Gasteiger partial charge in [-0.25, -0.2) is 4.68 Å². The van der Waals surface area contributed by atoms with E-state index in [2.05, 4.69) is 15.4 Å². The molecular weight excluding hydrogens is 400 g/mol. The van der Waals surface area contributed by atoms with Crippen molar-refractivity contribution in [2.24, 2.45) is 0 Å². The molecule has 0 aliphatic rings. The highest BCUT2D eigenvalue weighted by Crippen LogP contribution is 2.30. The Bertz CT molecular complexity index is 1330. The van der Waals surface area contributed by atoms with Crippen LogP contribution in [0, 0.1) is 0 Å². The van der Waals surface area contributed by atoms with Gasteiger partial charge in [0.2, 0.25) is 0 Å². The first-order valence-electron chi connectivity index (χ1n) is 9.52. The lowest BCUT2D eigenvalue weighted by Crippen LogP contribution is -2.28. The van der Waals surface area contributed by atoms with E-state index < -0.39 is 0 Å². The molecule has 0 saturated carbocycles. The van der Waals surface area contributed by atoms with Crippen LogP contribution in [0.1, 0.15) is 24.2 Å². The van der Waals surface area contributed by atoms with Crippen molar-refractivity contribution in [2.45, 2.75) is 20.4 Å². The summed E-state index contributed by atoms with van der Waals surface area (Å²) in [5.74, 6) is -0.270. The van der Waals surface area contributed by atoms with Gasteiger partial charge in [0, 0.05) is 28.7 Å². The minimum absolute atomic E-state index is 0.174. The zero-order chi connectivity index (χ0) is 21.3. The minimum atomic E-state index is -0.374. The summed E-state index contributed by atoms with van der Waals surface area (Å²) >= 11 is 6.16. The molecule has 0 unspecified atom stereocenters. The summed E-state index contributed by atoms with van der Waals surface area (Å²) < 4.78 is 1.34. The van der Waals surface area contributed by atoms with E-state index in [1.54, 1.807) is 24.4 Å². The molecule has 7 heteroatoms. The number of aryl methyl sites for hydroxylation is 1. The number of rotatable bonds is 5. The molecule has 4 rings (SSSR count). The number of ketones is 1.